The molecule has 0 spiro atoms. The molecule has 7 nitrogen and oxygen atoms in total. The minimum Gasteiger partial charge on any atom is -0.784 e. The summed E-state index contributed by atoms with van der Waals surface area (Å²) in [6.07, 6.45) is 0. The molecule has 0 atom stereocenters. The van der Waals surface area contributed by atoms with E-state index in [1.54, 1.807) is 0 Å². The second-order valence-electron chi connectivity index (χ2n) is 0.408. The predicted molar refractivity (Wildman–Crippen MR) is 25.4 cm³/mol. The standard InChI is InChI=1S/Au.H3N.2H2O3S/c;;2*1-4(2)3/h;1H3;2*(H2,1,2,3)/q+3;;;/p-3. The quantitative estimate of drug-likeness (QED) is 0.394. The zero-order valence-corrected chi connectivity index (χ0v) is 8.37. The molecule has 0 unspecified atom stereocenters. The fourth-order valence-electron chi connectivity index (χ4n) is 0. The molecule has 0 amide bonds. The van der Waals surface area contributed by atoms with Gasteiger partial charge in [0.2, 0.25) is 0 Å². The van der Waals surface area contributed by atoms with Crippen LogP contribution in [0.2, 0.25) is 0 Å². The van der Waals surface area contributed by atoms with Crippen LogP contribution in [0.5, 0.6) is 0 Å². The molecule has 68 valence electrons. The Morgan fingerprint density at radius 2 is 0.800 bits per heavy atom. The smallest absolute Gasteiger partial charge is 0.784 e. The average molecular weight is 375 g/mol. The van der Waals surface area contributed by atoms with Gasteiger partial charge in [-0.15, -0.1) is 22.7 Å². The summed E-state index contributed by atoms with van der Waals surface area (Å²) in [7, 11) is 0. The Morgan fingerprint density at radius 3 is 0.800 bits per heavy atom. The van der Waals surface area contributed by atoms with Gasteiger partial charge in [0.1, 0.15) is 0 Å². The van der Waals surface area contributed by atoms with Crippen LogP contribution < -0.4 is 6.15 Å². The summed E-state index contributed by atoms with van der Waals surface area (Å²) in [5.41, 5.74) is 0. The van der Waals surface area contributed by atoms with Crippen LogP contribution in [0.1, 0.15) is 0 Å². The molecule has 0 radical (unpaired) electrons. The van der Waals surface area contributed by atoms with Gasteiger partial charge in [-0.25, -0.2) is 0 Å². The molecule has 0 aromatic rings. The minimum atomic E-state index is -3.11. The predicted octanol–water partition coefficient (Wildman–Crippen LogP) is -1.63. The monoisotopic (exact) mass is 375 g/mol. The summed E-state index contributed by atoms with van der Waals surface area (Å²) < 4.78 is 50.7. The van der Waals surface area contributed by atoms with E-state index in [9.17, 15) is 0 Å². The molecule has 0 aromatic heterocycles. The first kappa shape index (κ1) is 22.4. The third-order valence-electron chi connectivity index (χ3n) is 0. The second-order valence-corrected chi connectivity index (χ2v) is 1.22. The molecule has 0 saturated heterocycles. The van der Waals surface area contributed by atoms with E-state index < -0.39 is 22.7 Å². The van der Waals surface area contributed by atoms with Gasteiger partial charge in [-0.1, -0.05) is 0 Å². The van der Waals surface area contributed by atoms with Gasteiger partial charge in [-0.2, -0.15) is 0 Å². The van der Waals surface area contributed by atoms with Crippen LogP contribution in [-0.4, -0.2) is 26.6 Å². The summed E-state index contributed by atoms with van der Waals surface area (Å²) in [5, 5.41) is 0. The van der Waals surface area contributed by atoms with E-state index >= 15 is 0 Å². The molecule has 0 aliphatic carbocycles. The van der Waals surface area contributed by atoms with E-state index in [1.807, 2.05) is 0 Å². The van der Waals surface area contributed by atoms with Crippen molar-refractivity contribution in [1.29, 1.82) is 0 Å². The van der Waals surface area contributed by atoms with Crippen molar-refractivity contribution >= 4 is 22.7 Å². The van der Waals surface area contributed by atoms with E-state index in [2.05, 4.69) is 0 Å². The van der Waals surface area contributed by atoms with Crippen molar-refractivity contribution in [3.63, 3.8) is 0 Å². The zero-order valence-electron chi connectivity index (χ0n) is 4.57. The Balaban J connectivity index is -0.0000000300. The van der Waals surface area contributed by atoms with Crippen molar-refractivity contribution in [2.24, 2.45) is 0 Å². The first-order valence-corrected chi connectivity index (χ1v) is 3.00. The van der Waals surface area contributed by atoms with E-state index in [-0.39, 0.29) is 28.5 Å². The van der Waals surface area contributed by atoms with Gasteiger partial charge in [0.25, 0.3) is 0 Å². The van der Waals surface area contributed by atoms with E-state index in [4.69, 9.17) is 26.6 Å². The van der Waals surface area contributed by atoms with Gasteiger partial charge in [0, 0.05) is 0 Å². The van der Waals surface area contributed by atoms with Crippen LogP contribution in [0.25, 0.3) is 0 Å². The number of quaternary nitrogens is 1. The maximum absolute atomic E-state index is 8.44. The molecule has 0 aromatic carbocycles. The number of hydrogen-bond donors (Lipinski definition) is 1. The molecule has 10 heteroatoms. The van der Waals surface area contributed by atoms with Gasteiger partial charge in [0.05, 0.1) is 0 Å². The van der Waals surface area contributed by atoms with Crippen LogP contribution in [0.3, 0.4) is 0 Å². The largest absolute Gasteiger partial charge is 3.00 e. The van der Waals surface area contributed by atoms with Gasteiger partial charge in [-0.05, 0) is 0 Å². The van der Waals surface area contributed by atoms with Crippen molar-refractivity contribution in [3.05, 3.63) is 0 Å². The topological polar surface area (TPSA) is 163 Å². The Hall–Kier alpha value is 0.840. The number of hydrogen-bond acceptors (Lipinski definition) is 6. The van der Waals surface area contributed by atoms with Crippen molar-refractivity contribution < 1.29 is 49.0 Å². The summed E-state index contributed by atoms with van der Waals surface area (Å²) in [4.78, 5) is 0. The van der Waals surface area contributed by atoms with Gasteiger partial charge < -0.3 is 24.4 Å². The normalized spacial score (nSPS) is 7.00. The average Bonchev–Trinajstić information content (AvgIpc) is 1.25. The maximum atomic E-state index is 8.44. The Morgan fingerprint density at radius 1 is 0.800 bits per heavy atom. The molecule has 0 heterocycles. The maximum Gasteiger partial charge on any atom is 3.00 e. The molecule has 10 heavy (non-hydrogen) atoms. The summed E-state index contributed by atoms with van der Waals surface area (Å²) in [6, 6.07) is 0. The number of rotatable bonds is 0. The van der Waals surface area contributed by atoms with Gasteiger partial charge in [0.15, 0.2) is 0 Å². The van der Waals surface area contributed by atoms with Crippen LogP contribution in [0, 0.1) is 0 Å². The molecule has 4 N–H and O–H groups in total. The van der Waals surface area contributed by atoms with E-state index in [0.717, 1.165) is 0 Å². The van der Waals surface area contributed by atoms with E-state index in [1.165, 1.54) is 0 Å². The zero-order chi connectivity index (χ0) is 7.15. The molecule has 0 bridgehead atoms. The Bertz CT molecular complexity index is 73.7. The van der Waals surface area contributed by atoms with Crippen molar-refractivity contribution in [2.45, 2.75) is 0 Å². The van der Waals surface area contributed by atoms with E-state index in [0.29, 0.717) is 0 Å². The van der Waals surface area contributed by atoms with Crippen LogP contribution in [0.15, 0.2) is 0 Å². The van der Waals surface area contributed by atoms with Crippen LogP contribution >= 0.6 is 0 Å². The van der Waals surface area contributed by atoms with Gasteiger partial charge in [-0.3, -0.25) is 8.42 Å². The van der Waals surface area contributed by atoms with Crippen LogP contribution in [-0.2, 0) is 45.1 Å². The first-order chi connectivity index (χ1) is 3.46. The molecular weight excluding hydrogens is 371 g/mol. The van der Waals surface area contributed by atoms with Crippen molar-refractivity contribution in [1.82, 2.24) is 6.15 Å². The third-order valence-corrected chi connectivity index (χ3v) is 0. The van der Waals surface area contributed by atoms with Crippen LogP contribution in [0.4, 0.5) is 0 Å². The Kier molecular flexibility index (Phi) is 36.9. The minimum absolute atomic E-state index is 0. The summed E-state index contributed by atoms with van der Waals surface area (Å²) in [5.74, 6) is 0. The summed E-state index contributed by atoms with van der Waals surface area (Å²) >= 11 is -6.22. The molecule has 0 aliphatic rings. The molecule has 0 aliphatic heterocycles. The van der Waals surface area contributed by atoms with Gasteiger partial charge >= 0.3 is 22.4 Å². The Labute approximate surface area is 77.9 Å². The summed E-state index contributed by atoms with van der Waals surface area (Å²) in [6.45, 7) is 0. The molecule has 0 fully saturated rings. The van der Waals surface area contributed by atoms with Crippen molar-refractivity contribution in [3.8, 4) is 0 Å². The third kappa shape index (κ3) is 770. The first-order valence-electron chi connectivity index (χ1n) is 1.00. The fourth-order valence-corrected chi connectivity index (χ4v) is 0. The van der Waals surface area contributed by atoms with Crippen molar-refractivity contribution in [2.75, 3.05) is 0 Å². The SMILES string of the molecule is O=S([O-])[O-].O=S([O-])[O-].[Au+3].[NH4+]. The second kappa shape index (κ2) is 16.4. The molecule has 0 saturated carbocycles. The molecule has 0 rings (SSSR count). The molecular formula is H4AuNO6S2. The fraction of sp³-hybridized carbons (Fsp3) is 0.